The van der Waals surface area contributed by atoms with Gasteiger partial charge in [-0.1, -0.05) is 0 Å². The predicted molar refractivity (Wildman–Crippen MR) is 61.1 cm³/mol. The zero-order chi connectivity index (χ0) is 11.8. The fraction of sp³-hybridized carbons (Fsp3) is 0.909. The van der Waals surface area contributed by atoms with Gasteiger partial charge in [0.15, 0.2) is 0 Å². The quantitative estimate of drug-likeness (QED) is 0.605. The van der Waals surface area contributed by atoms with Crippen LogP contribution in [-0.2, 0) is 14.3 Å². The number of amides is 1. The van der Waals surface area contributed by atoms with E-state index in [1.165, 1.54) is 12.8 Å². The van der Waals surface area contributed by atoms with E-state index in [4.69, 9.17) is 15.2 Å². The first-order valence-corrected chi connectivity index (χ1v) is 5.84. The Labute approximate surface area is 96.7 Å². The molecule has 5 nitrogen and oxygen atoms in total. The molecule has 0 saturated heterocycles. The first-order chi connectivity index (χ1) is 7.72. The van der Waals surface area contributed by atoms with Gasteiger partial charge in [-0.25, -0.2) is 0 Å². The van der Waals surface area contributed by atoms with Gasteiger partial charge in [-0.15, -0.1) is 0 Å². The Hall–Kier alpha value is -0.650. The molecule has 16 heavy (non-hydrogen) atoms. The molecule has 2 atom stereocenters. The van der Waals surface area contributed by atoms with Crippen molar-refractivity contribution in [2.24, 2.45) is 5.73 Å². The summed E-state index contributed by atoms with van der Waals surface area (Å²) in [6.07, 6.45) is 5.01. The molecule has 0 aromatic rings. The normalized spacial score (nSPS) is 25.6. The van der Waals surface area contributed by atoms with Gasteiger partial charge >= 0.3 is 0 Å². The van der Waals surface area contributed by atoms with E-state index in [1.807, 2.05) is 0 Å². The number of nitrogens with two attached hydrogens (primary N) is 1. The average Bonchev–Trinajstić information content (AvgIpc) is 2.28. The zero-order valence-electron chi connectivity index (χ0n) is 9.91. The van der Waals surface area contributed by atoms with Gasteiger partial charge in [-0.3, -0.25) is 4.79 Å². The van der Waals surface area contributed by atoms with Gasteiger partial charge in [0.1, 0.15) is 6.61 Å². The summed E-state index contributed by atoms with van der Waals surface area (Å²) in [5.41, 5.74) is 4.95. The minimum Gasteiger partial charge on any atom is -0.381 e. The van der Waals surface area contributed by atoms with Gasteiger partial charge in [0.05, 0.1) is 12.7 Å². The number of carbonyl (C=O) groups excluding carboxylic acids is 1. The molecule has 0 bridgehead atoms. The second-order valence-corrected chi connectivity index (χ2v) is 4.19. The Bertz CT molecular complexity index is 211. The molecule has 0 radical (unpaired) electrons. The van der Waals surface area contributed by atoms with Crippen LogP contribution in [0.3, 0.4) is 0 Å². The summed E-state index contributed by atoms with van der Waals surface area (Å²) in [7, 11) is 1.77. The van der Waals surface area contributed by atoms with Crippen LogP contribution in [0.5, 0.6) is 0 Å². The number of hydrogen-bond donors (Lipinski definition) is 2. The monoisotopic (exact) mass is 230 g/mol. The standard InChI is InChI=1S/C11H22N2O3/c1-15-10-4-2-3-9(7-10)13-5-6-16-8-11(12)14/h9-10,13H,2-8H2,1H3,(H2,12,14). The Morgan fingerprint density at radius 1 is 1.50 bits per heavy atom. The maximum atomic E-state index is 10.4. The lowest BCUT2D eigenvalue weighted by Gasteiger charge is -2.28. The van der Waals surface area contributed by atoms with Crippen LogP contribution in [0.2, 0.25) is 0 Å². The summed E-state index contributed by atoms with van der Waals surface area (Å²) in [6.45, 7) is 1.29. The molecule has 3 N–H and O–H groups in total. The fourth-order valence-corrected chi connectivity index (χ4v) is 2.05. The second kappa shape index (κ2) is 7.60. The lowest BCUT2D eigenvalue weighted by atomic mass is 9.93. The smallest absolute Gasteiger partial charge is 0.243 e. The molecule has 0 aromatic carbocycles. The molecule has 1 aliphatic carbocycles. The minimum absolute atomic E-state index is 0.00699. The van der Waals surface area contributed by atoms with E-state index in [1.54, 1.807) is 7.11 Å². The summed E-state index contributed by atoms with van der Waals surface area (Å²) < 4.78 is 10.4. The second-order valence-electron chi connectivity index (χ2n) is 4.19. The molecular weight excluding hydrogens is 208 g/mol. The van der Waals surface area contributed by atoms with Crippen molar-refractivity contribution in [1.29, 1.82) is 0 Å². The third kappa shape index (κ3) is 5.44. The zero-order valence-corrected chi connectivity index (χ0v) is 9.91. The molecule has 5 heteroatoms. The van der Waals surface area contributed by atoms with Crippen LogP contribution in [0.25, 0.3) is 0 Å². The van der Waals surface area contributed by atoms with Gasteiger partial charge in [0.25, 0.3) is 0 Å². The highest BCUT2D eigenvalue weighted by molar-refractivity contribution is 5.74. The molecule has 0 heterocycles. The molecule has 1 rings (SSSR count). The largest absolute Gasteiger partial charge is 0.381 e. The van der Waals surface area contributed by atoms with Crippen molar-refractivity contribution in [2.45, 2.75) is 37.8 Å². The number of primary amides is 1. The lowest BCUT2D eigenvalue weighted by Crippen LogP contribution is -2.38. The van der Waals surface area contributed by atoms with E-state index >= 15 is 0 Å². The molecule has 2 unspecified atom stereocenters. The number of ether oxygens (including phenoxy) is 2. The van der Waals surface area contributed by atoms with Gasteiger partial charge in [-0.05, 0) is 25.7 Å². The number of rotatable bonds is 7. The van der Waals surface area contributed by atoms with Gasteiger partial charge in [0, 0.05) is 19.7 Å². The molecule has 0 aromatic heterocycles. The molecule has 1 fully saturated rings. The summed E-state index contributed by atoms with van der Waals surface area (Å²) >= 11 is 0. The van der Waals surface area contributed by atoms with E-state index in [0.29, 0.717) is 18.8 Å². The van der Waals surface area contributed by atoms with Crippen LogP contribution in [-0.4, -0.2) is 44.9 Å². The van der Waals surface area contributed by atoms with Crippen molar-refractivity contribution in [3.8, 4) is 0 Å². The Morgan fingerprint density at radius 2 is 2.31 bits per heavy atom. The highest BCUT2D eigenvalue weighted by Gasteiger charge is 2.20. The Kier molecular flexibility index (Phi) is 6.37. The van der Waals surface area contributed by atoms with Gasteiger partial charge in [-0.2, -0.15) is 0 Å². The Morgan fingerprint density at radius 3 is 3.00 bits per heavy atom. The molecule has 1 aliphatic rings. The summed E-state index contributed by atoms with van der Waals surface area (Å²) in [4.78, 5) is 10.4. The first-order valence-electron chi connectivity index (χ1n) is 5.84. The number of hydrogen-bond acceptors (Lipinski definition) is 4. The van der Waals surface area contributed by atoms with Gasteiger partial charge in [0.2, 0.25) is 5.91 Å². The molecule has 0 spiro atoms. The third-order valence-corrected chi connectivity index (χ3v) is 2.88. The van der Waals surface area contributed by atoms with E-state index < -0.39 is 5.91 Å². The molecule has 0 aliphatic heterocycles. The molecular formula is C11H22N2O3. The molecule has 94 valence electrons. The third-order valence-electron chi connectivity index (χ3n) is 2.88. The van der Waals surface area contributed by atoms with Crippen molar-refractivity contribution in [2.75, 3.05) is 26.9 Å². The fourth-order valence-electron chi connectivity index (χ4n) is 2.05. The van der Waals surface area contributed by atoms with Gasteiger partial charge < -0.3 is 20.5 Å². The maximum absolute atomic E-state index is 10.4. The van der Waals surface area contributed by atoms with Crippen molar-refractivity contribution < 1.29 is 14.3 Å². The van der Waals surface area contributed by atoms with Crippen LogP contribution < -0.4 is 11.1 Å². The highest BCUT2D eigenvalue weighted by atomic mass is 16.5. The molecule has 1 amide bonds. The maximum Gasteiger partial charge on any atom is 0.243 e. The summed E-state index contributed by atoms with van der Waals surface area (Å²) in [5, 5.41) is 3.40. The topological polar surface area (TPSA) is 73.6 Å². The van der Waals surface area contributed by atoms with Crippen molar-refractivity contribution in [3.63, 3.8) is 0 Å². The predicted octanol–water partition coefficient (Wildman–Crippen LogP) is 0.0355. The highest BCUT2D eigenvalue weighted by Crippen LogP contribution is 2.20. The Balaban J connectivity index is 2.01. The summed E-state index contributed by atoms with van der Waals surface area (Å²) in [5.74, 6) is -0.419. The van der Waals surface area contributed by atoms with E-state index in [0.717, 1.165) is 19.4 Å². The van der Waals surface area contributed by atoms with Crippen LogP contribution in [0.1, 0.15) is 25.7 Å². The van der Waals surface area contributed by atoms with Crippen molar-refractivity contribution in [1.82, 2.24) is 5.32 Å². The SMILES string of the molecule is COC1CCCC(NCCOCC(N)=O)C1. The summed E-state index contributed by atoms with van der Waals surface area (Å²) in [6, 6.07) is 0.510. The average molecular weight is 230 g/mol. The van der Waals surface area contributed by atoms with Crippen LogP contribution >= 0.6 is 0 Å². The van der Waals surface area contributed by atoms with Crippen molar-refractivity contribution in [3.05, 3.63) is 0 Å². The first kappa shape index (κ1) is 13.4. The van der Waals surface area contributed by atoms with E-state index in [9.17, 15) is 4.79 Å². The van der Waals surface area contributed by atoms with Crippen LogP contribution in [0.15, 0.2) is 0 Å². The molecule has 1 saturated carbocycles. The van der Waals surface area contributed by atoms with E-state index in [2.05, 4.69) is 5.32 Å². The number of carbonyl (C=O) groups is 1. The van der Waals surface area contributed by atoms with E-state index in [-0.39, 0.29) is 6.61 Å². The number of methoxy groups -OCH3 is 1. The number of nitrogens with one attached hydrogen (secondary N) is 1. The van der Waals surface area contributed by atoms with Crippen molar-refractivity contribution >= 4 is 5.91 Å². The lowest BCUT2D eigenvalue weighted by molar-refractivity contribution is -0.122. The van der Waals surface area contributed by atoms with Crippen LogP contribution in [0, 0.1) is 0 Å². The van der Waals surface area contributed by atoms with Crippen LogP contribution in [0.4, 0.5) is 0 Å². The minimum atomic E-state index is -0.419.